The maximum absolute atomic E-state index is 12.6. The lowest BCUT2D eigenvalue weighted by molar-refractivity contribution is -0.158. The lowest BCUT2D eigenvalue weighted by Crippen LogP contribution is -2.73. The summed E-state index contributed by atoms with van der Waals surface area (Å²) < 4.78 is 25.9. The van der Waals surface area contributed by atoms with Gasteiger partial charge in [-0.1, -0.05) is 48.5 Å². The van der Waals surface area contributed by atoms with E-state index in [9.17, 15) is 18.3 Å². The summed E-state index contributed by atoms with van der Waals surface area (Å²) in [5.74, 6) is -0.332. The van der Waals surface area contributed by atoms with Gasteiger partial charge in [-0.05, 0) is 36.1 Å². The summed E-state index contributed by atoms with van der Waals surface area (Å²) in [4.78, 5) is 14.2. The number of piperazine rings is 1. The van der Waals surface area contributed by atoms with Crippen LogP contribution >= 0.6 is 0 Å². The molecule has 0 radical (unpaired) electrons. The first-order valence-corrected chi connectivity index (χ1v) is 11.5. The molecular formula is C22H26N2O4S. The van der Waals surface area contributed by atoms with E-state index in [1.54, 1.807) is 11.8 Å². The van der Waals surface area contributed by atoms with Gasteiger partial charge < -0.3 is 10.0 Å². The fourth-order valence-electron chi connectivity index (χ4n) is 4.65. The van der Waals surface area contributed by atoms with Gasteiger partial charge in [0.05, 0.1) is 31.0 Å². The van der Waals surface area contributed by atoms with Gasteiger partial charge in [-0.3, -0.25) is 4.79 Å². The van der Waals surface area contributed by atoms with Gasteiger partial charge in [0.2, 0.25) is 15.9 Å². The van der Waals surface area contributed by atoms with E-state index >= 15 is 0 Å². The Labute approximate surface area is 171 Å². The second kappa shape index (κ2) is 7.55. The summed E-state index contributed by atoms with van der Waals surface area (Å²) in [6, 6.07) is 15.8. The number of hydrogen-bond acceptors (Lipinski definition) is 4. The van der Waals surface area contributed by atoms with Crippen molar-refractivity contribution in [2.45, 2.75) is 31.8 Å². The predicted molar refractivity (Wildman–Crippen MR) is 112 cm³/mol. The molecule has 6 nitrogen and oxygen atoms in total. The summed E-state index contributed by atoms with van der Waals surface area (Å²) in [5.41, 5.74) is 4.49. The van der Waals surface area contributed by atoms with E-state index in [1.807, 2.05) is 24.3 Å². The lowest BCUT2D eigenvalue weighted by Gasteiger charge is -2.58. The molecule has 1 N–H and O–H groups in total. The Hall–Kier alpha value is -2.22. The Bertz CT molecular complexity index is 1020. The minimum atomic E-state index is -3.43. The Kier molecular flexibility index (Phi) is 5.23. The van der Waals surface area contributed by atoms with Crippen LogP contribution in [0.3, 0.4) is 0 Å². The first-order chi connectivity index (χ1) is 13.9. The molecule has 2 saturated heterocycles. The molecule has 0 spiro atoms. The molecule has 4 rings (SSSR count). The Morgan fingerprint density at radius 2 is 1.79 bits per heavy atom. The van der Waals surface area contributed by atoms with Crippen molar-refractivity contribution in [2.24, 2.45) is 0 Å². The largest absolute Gasteiger partial charge is 0.394 e. The first kappa shape index (κ1) is 20.1. The molecule has 0 aliphatic carbocycles. The number of aliphatic hydroxyl groups excluding tert-OH is 1. The van der Waals surface area contributed by atoms with Crippen molar-refractivity contribution in [3.05, 3.63) is 59.7 Å². The molecule has 154 valence electrons. The molecule has 2 aromatic carbocycles. The smallest absolute Gasteiger partial charge is 0.238 e. The van der Waals surface area contributed by atoms with Crippen LogP contribution in [0.5, 0.6) is 0 Å². The van der Waals surface area contributed by atoms with Crippen molar-refractivity contribution in [3.8, 4) is 11.1 Å². The fraction of sp³-hybridized carbons (Fsp3) is 0.409. The van der Waals surface area contributed by atoms with Crippen molar-refractivity contribution >= 4 is 15.9 Å². The lowest BCUT2D eigenvalue weighted by atomic mass is 9.74. The zero-order chi connectivity index (χ0) is 20.8. The second-order valence-electron chi connectivity index (χ2n) is 7.77. The number of fused-ring (bicyclic) bond motifs is 1. The number of rotatable bonds is 5. The van der Waals surface area contributed by atoms with Crippen LogP contribution in [0.1, 0.15) is 24.0 Å². The van der Waals surface area contributed by atoms with Gasteiger partial charge in [0.25, 0.3) is 0 Å². The number of benzene rings is 2. The third-order valence-corrected chi connectivity index (χ3v) is 8.03. The van der Waals surface area contributed by atoms with Crippen LogP contribution in [0.4, 0.5) is 0 Å². The van der Waals surface area contributed by atoms with Crippen molar-refractivity contribution in [1.82, 2.24) is 9.21 Å². The highest BCUT2D eigenvalue weighted by Gasteiger charge is 2.55. The predicted octanol–water partition coefficient (Wildman–Crippen LogP) is 1.98. The Morgan fingerprint density at radius 3 is 2.41 bits per heavy atom. The maximum Gasteiger partial charge on any atom is 0.238 e. The van der Waals surface area contributed by atoms with Crippen molar-refractivity contribution < 1.29 is 18.3 Å². The molecular weight excluding hydrogens is 388 g/mol. The number of amides is 1. The van der Waals surface area contributed by atoms with Crippen LogP contribution in [0.2, 0.25) is 0 Å². The van der Waals surface area contributed by atoms with Crippen molar-refractivity contribution in [3.63, 3.8) is 0 Å². The quantitative estimate of drug-likeness (QED) is 0.812. The number of hydrogen-bond donors (Lipinski definition) is 1. The summed E-state index contributed by atoms with van der Waals surface area (Å²) in [7, 11) is -3.43. The molecule has 0 unspecified atom stereocenters. The molecule has 3 atom stereocenters. The Morgan fingerprint density at radius 1 is 1.10 bits per heavy atom. The average molecular weight is 415 g/mol. The molecule has 2 aliphatic heterocycles. The van der Waals surface area contributed by atoms with Crippen LogP contribution in [0.25, 0.3) is 11.1 Å². The fourth-order valence-corrected chi connectivity index (χ4v) is 5.70. The van der Waals surface area contributed by atoms with E-state index in [2.05, 4.69) is 31.2 Å². The zero-order valence-electron chi connectivity index (χ0n) is 16.7. The van der Waals surface area contributed by atoms with Gasteiger partial charge in [0.1, 0.15) is 0 Å². The van der Waals surface area contributed by atoms with Gasteiger partial charge >= 0.3 is 0 Å². The SMILES string of the molecule is CCS(=O)(=O)N1CC(=O)N2[C@H](CO)[C@@H](c3ccc(-c4ccccc4C)cc3)[C@H]2C1. The van der Waals surface area contributed by atoms with Gasteiger partial charge in [-0.25, -0.2) is 8.42 Å². The van der Waals surface area contributed by atoms with Gasteiger partial charge in [-0.2, -0.15) is 4.31 Å². The molecule has 2 heterocycles. The topological polar surface area (TPSA) is 77.9 Å². The molecule has 29 heavy (non-hydrogen) atoms. The molecule has 7 heteroatoms. The molecule has 2 fully saturated rings. The highest BCUT2D eigenvalue weighted by Crippen LogP contribution is 2.43. The average Bonchev–Trinajstić information content (AvgIpc) is 2.70. The summed E-state index contributed by atoms with van der Waals surface area (Å²) >= 11 is 0. The van der Waals surface area contributed by atoms with Gasteiger partial charge in [-0.15, -0.1) is 0 Å². The highest BCUT2D eigenvalue weighted by atomic mass is 32.2. The molecule has 1 amide bonds. The minimum absolute atomic E-state index is 0.0216. The molecule has 0 aromatic heterocycles. The van der Waals surface area contributed by atoms with E-state index < -0.39 is 10.0 Å². The van der Waals surface area contributed by atoms with Crippen LogP contribution in [-0.2, 0) is 14.8 Å². The summed E-state index contributed by atoms with van der Waals surface area (Å²) in [6.07, 6.45) is 0. The standard InChI is InChI=1S/C22H26N2O4S/c1-3-29(27,28)23-12-19-22(20(14-25)24(19)21(26)13-23)17-10-8-16(9-11-17)18-7-5-4-6-15(18)2/h4-11,19-20,22,25H,3,12-14H2,1-2H3/t19-,20-,22+/m1/s1. The number of carbonyl (C=O) groups is 1. The highest BCUT2D eigenvalue weighted by molar-refractivity contribution is 7.89. The number of sulfonamides is 1. The Balaban J connectivity index is 1.62. The third kappa shape index (κ3) is 3.37. The normalized spacial score (nSPS) is 24.9. The number of aryl methyl sites for hydroxylation is 1. The minimum Gasteiger partial charge on any atom is -0.394 e. The molecule has 0 bridgehead atoms. The van der Waals surface area contributed by atoms with Crippen molar-refractivity contribution in [1.29, 1.82) is 0 Å². The molecule has 2 aliphatic rings. The number of aliphatic hydroxyl groups is 1. The van der Waals surface area contributed by atoms with E-state index in [0.717, 1.165) is 11.1 Å². The molecule has 2 aromatic rings. The monoisotopic (exact) mass is 414 g/mol. The van der Waals surface area contributed by atoms with Crippen LogP contribution < -0.4 is 0 Å². The summed E-state index contributed by atoms with van der Waals surface area (Å²) in [6.45, 7) is 3.67. The van der Waals surface area contributed by atoms with Crippen LogP contribution in [0, 0.1) is 6.92 Å². The van der Waals surface area contributed by atoms with Gasteiger partial charge in [0.15, 0.2) is 0 Å². The van der Waals surface area contributed by atoms with E-state index in [4.69, 9.17) is 0 Å². The van der Waals surface area contributed by atoms with E-state index in [0.29, 0.717) is 0 Å². The second-order valence-corrected chi connectivity index (χ2v) is 10.0. The van der Waals surface area contributed by atoms with E-state index in [-0.39, 0.29) is 49.4 Å². The first-order valence-electron chi connectivity index (χ1n) is 9.93. The maximum atomic E-state index is 12.6. The summed E-state index contributed by atoms with van der Waals surface area (Å²) in [5, 5.41) is 9.89. The zero-order valence-corrected chi connectivity index (χ0v) is 17.5. The number of nitrogens with zero attached hydrogens (tertiary/aromatic N) is 2. The van der Waals surface area contributed by atoms with Crippen LogP contribution in [-0.4, -0.2) is 66.2 Å². The third-order valence-electron chi connectivity index (χ3n) is 6.23. The van der Waals surface area contributed by atoms with Crippen molar-refractivity contribution in [2.75, 3.05) is 25.4 Å². The van der Waals surface area contributed by atoms with Gasteiger partial charge in [0, 0.05) is 12.5 Å². The van der Waals surface area contributed by atoms with Crippen LogP contribution in [0.15, 0.2) is 48.5 Å². The van der Waals surface area contributed by atoms with E-state index in [1.165, 1.54) is 15.4 Å². The molecule has 0 saturated carbocycles. The number of carbonyl (C=O) groups excluding carboxylic acids is 1.